The van der Waals surface area contributed by atoms with Gasteiger partial charge in [-0.2, -0.15) is 0 Å². The summed E-state index contributed by atoms with van der Waals surface area (Å²) in [6, 6.07) is 7.62. The van der Waals surface area contributed by atoms with E-state index in [1.807, 2.05) is 33.8 Å². The van der Waals surface area contributed by atoms with Gasteiger partial charge in [-0.25, -0.2) is 0 Å². The van der Waals surface area contributed by atoms with Crippen molar-refractivity contribution in [3.63, 3.8) is 0 Å². The number of hydrogen-bond donors (Lipinski definition) is 3. The molecule has 1 atom stereocenters. The maximum Gasteiger partial charge on any atom is 0.253 e. The number of amides is 2. The van der Waals surface area contributed by atoms with E-state index >= 15 is 0 Å². The molecule has 0 bridgehead atoms. The van der Waals surface area contributed by atoms with Gasteiger partial charge in [0.05, 0.1) is 0 Å². The Kier molecular flexibility index (Phi) is 7.40. The molecule has 0 spiro atoms. The molecule has 0 saturated heterocycles. The first kappa shape index (κ1) is 21.7. The van der Waals surface area contributed by atoms with Crippen molar-refractivity contribution in [1.29, 1.82) is 0 Å². The van der Waals surface area contributed by atoms with Gasteiger partial charge in [-0.3, -0.25) is 14.4 Å². The lowest BCUT2D eigenvalue weighted by Gasteiger charge is -2.20. The summed E-state index contributed by atoms with van der Waals surface area (Å²) < 4.78 is 0. The maximum atomic E-state index is 12.7. The van der Waals surface area contributed by atoms with Crippen LogP contribution in [0.3, 0.4) is 0 Å². The minimum absolute atomic E-state index is 0.103. The third-order valence-electron chi connectivity index (χ3n) is 4.37. The molecule has 0 aliphatic rings. The molecule has 0 radical (unpaired) electrons. The van der Waals surface area contributed by atoms with Crippen LogP contribution in [0.2, 0.25) is 5.02 Å². The van der Waals surface area contributed by atoms with Crippen LogP contribution in [0.4, 0.5) is 0 Å². The summed E-state index contributed by atoms with van der Waals surface area (Å²) in [6.07, 6.45) is 0.481. The first-order valence-electron chi connectivity index (χ1n) is 9.21. The van der Waals surface area contributed by atoms with Gasteiger partial charge >= 0.3 is 0 Å². The van der Waals surface area contributed by atoms with Crippen molar-refractivity contribution >= 4 is 23.4 Å². The predicted molar refractivity (Wildman–Crippen MR) is 111 cm³/mol. The Bertz CT molecular complexity index is 904. The normalized spacial score (nSPS) is 11.9. The first-order chi connectivity index (χ1) is 13.2. The van der Waals surface area contributed by atoms with Crippen molar-refractivity contribution < 1.29 is 9.59 Å². The van der Waals surface area contributed by atoms with E-state index in [4.69, 9.17) is 11.6 Å². The largest absolute Gasteiger partial charge is 0.350 e. The number of nitrogens with one attached hydrogen (secondary N) is 3. The molecule has 3 N–H and O–H groups in total. The number of carbonyl (C=O) groups is 2. The first-order valence-corrected chi connectivity index (χ1v) is 9.58. The van der Waals surface area contributed by atoms with Crippen LogP contribution < -0.4 is 16.2 Å². The SMILES string of the molecule is Cc1cc(C)c(CNC(=O)[C@H](CC(C)C)NC(=O)c2ccc(Cl)cc2)c(=O)[nH]1. The quantitative estimate of drug-likeness (QED) is 0.663. The average molecular weight is 404 g/mol. The predicted octanol–water partition coefficient (Wildman–Crippen LogP) is 3.11. The number of aromatic nitrogens is 1. The zero-order valence-corrected chi connectivity index (χ0v) is 17.3. The molecule has 0 fully saturated rings. The second-order valence-electron chi connectivity index (χ2n) is 7.32. The van der Waals surface area contributed by atoms with Crippen LogP contribution in [0, 0.1) is 19.8 Å². The van der Waals surface area contributed by atoms with Crippen molar-refractivity contribution in [3.8, 4) is 0 Å². The number of carbonyl (C=O) groups excluding carboxylic acids is 2. The van der Waals surface area contributed by atoms with Crippen LogP contribution >= 0.6 is 11.6 Å². The topological polar surface area (TPSA) is 91.1 Å². The summed E-state index contributed by atoms with van der Waals surface area (Å²) in [5, 5.41) is 6.09. The van der Waals surface area contributed by atoms with E-state index in [0.29, 0.717) is 22.6 Å². The van der Waals surface area contributed by atoms with Crippen molar-refractivity contribution in [2.24, 2.45) is 5.92 Å². The highest BCUT2D eigenvalue weighted by Crippen LogP contribution is 2.11. The third kappa shape index (κ3) is 5.96. The Morgan fingerprint density at radius 1 is 1.14 bits per heavy atom. The lowest BCUT2D eigenvalue weighted by atomic mass is 10.0. The molecule has 1 aromatic carbocycles. The fraction of sp³-hybridized carbons (Fsp3) is 0.381. The molecule has 0 unspecified atom stereocenters. The summed E-state index contributed by atoms with van der Waals surface area (Å²) in [4.78, 5) is 40.0. The molecule has 150 valence electrons. The summed E-state index contributed by atoms with van der Waals surface area (Å²) in [6.45, 7) is 7.69. The number of halogens is 1. The second-order valence-corrected chi connectivity index (χ2v) is 7.76. The van der Waals surface area contributed by atoms with Crippen LogP contribution in [0.5, 0.6) is 0 Å². The standard InChI is InChI=1S/C21H26ClN3O3/c1-12(2)9-18(25-19(26)15-5-7-16(22)8-6-15)21(28)23-11-17-13(3)10-14(4)24-20(17)27/h5-8,10,12,18H,9,11H2,1-4H3,(H,23,28)(H,24,27)(H,25,26)/t18-/m0/s1. The lowest BCUT2D eigenvalue weighted by molar-refractivity contribution is -0.123. The van der Waals surface area contributed by atoms with E-state index in [0.717, 1.165) is 11.3 Å². The van der Waals surface area contributed by atoms with Crippen molar-refractivity contribution in [1.82, 2.24) is 15.6 Å². The number of rotatable bonds is 7. The summed E-state index contributed by atoms with van der Waals surface area (Å²) in [5.41, 5.74) is 2.30. The van der Waals surface area contributed by atoms with Gasteiger partial charge in [0.25, 0.3) is 11.5 Å². The van der Waals surface area contributed by atoms with Gasteiger partial charge in [0, 0.05) is 28.4 Å². The highest BCUT2D eigenvalue weighted by molar-refractivity contribution is 6.30. The Balaban J connectivity index is 2.09. The minimum atomic E-state index is -0.701. The number of H-pyrrole nitrogens is 1. The number of pyridine rings is 1. The number of benzene rings is 1. The molecule has 2 amide bonds. The smallest absolute Gasteiger partial charge is 0.253 e. The van der Waals surface area contributed by atoms with Gasteiger partial charge in [-0.05, 0) is 62.1 Å². The van der Waals surface area contributed by atoms with Gasteiger partial charge in [-0.1, -0.05) is 25.4 Å². The fourth-order valence-electron chi connectivity index (χ4n) is 2.95. The van der Waals surface area contributed by atoms with Crippen molar-refractivity contribution in [2.45, 2.75) is 46.7 Å². The third-order valence-corrected chi connectivity index (χ3v) is 4.62. The van der Waals surface area contributed by atoms with Crippen molar-refractivity contribution in [3.05, 3.63) is 68.1 Å². The van der Waals surface area contributed by atoms with Crippen LogP contribution in [-0.2, 0) is 11.3 Å². The Morgan fingerprint density at radius 3 is 2.36 bits per heavy atom. The Labute approximate surface area is 169 Å². The average Bonchev–Trinajstić information content (AvgIpc) is 2.60. The van der Waals surface area contributed by atoms with Crippen LogP contribution in [0.25, 0.3) is 0 Å². The molecule has 0 aliphatic heterocycles. The number of hydrogen-bond acceptors (Lipinski definition) is 3. The summed E-state index contributed by atoms with van der Waals surface area (Å²) >= 11 is 5.85. The van der Waals surface area contributed by atoms with E-state index in [1.54, 1.807) is 24.3 Å². The lowest BCUT2D eigenvalue weighted by Crippen LogP contribution is -2.47. The molecular weight excluding hydrogens is 378 g/mol. The van der Waals surface area contributed by atoms with E-state index < -0.39 is 6.04 Å². The second kappa shape index (κ2) is 9.55. The minimum Gasteiger partial charge on any atom is -0.350 e. The molecule has 1 aromatic heterocycles. The highest BCUT2D eigenvalue weighted by Gasteiger charge is 2.23. The van der Waals surface area contributed by atoms with Crippen molar-refractivity contribution in [2.75, 3.05) is 0 Å². The maximum absolute atomic E-state index is 12.7. The molecule has 28 heavy (non-hydrogen) atoms. The van der Waals surface area contributed by atoms with Gasteiger partial charge in [0.2, 0.25) is 5.91 Å². The molecule has 6 nitrogen and oxygen atoms in total. The Hall–Kier alpha value is -2.60. The molecule has 0 aliphatic carbocycles. The van der Waals surface area contributed by atoms with E-state index in [2.05, 4.69) is 15.6 Å². The van der Waals surface area contributed by atoms with E-state index in [1.165, 1.54) is 0 Å². The van der Waals surface area contributed by atoms with Gasteiger partial charge in [-0.15, -0.1) is 0 Å². The fourth-order valence-corrected chi connectivity index (χ4v) is 3.07. The molecular formula is C21H26ClN3O3. The number of aromatic amines is 1. The van der Waals surface area contributed by atoms with Crippen LogP contribution in [-0.4, -0.2) is 22.8 Å². The van der Waals surface area contributed by atoms with Crippen LogP contribution in [0.15, 0.2) is 35.1 Å². The van der Waals surface area contributed by atoms with Gasteiger partial charge < -0.3 is 15.6 Å². The van der Waals surface area contributed by atoms with Crippen LogP contribution in [0.1, 0.15) is 47.4 Å². The molecule has 1 heterocycles. The zero-order chi connectivity index (χ0) is 20.8. The molecule has 2 aromatic rings. The monoisotopic (exact) mass is 403 g/mol. The van der Waals surface area contributed by atoms with E-state index in [-0.39, 0.29) is 29.8 Å². The highest BCUT2D eigenvalue weighted by atomic mass is 35.5. The number of aryl methyl sites for hydroxylation is 2. The summed E-state index contributed by atoms with van der Waals surface area (Å²) in [5.74, 6) is -0.469. The molecule has 7 heteroatoms. The Morgan fingerprint density at radius 2 is 1.79 bits per heavy atom. The van der Waals surface area contributed by atoms with Gasteiger partial charge in [0.15, 0.2) is 0 Å². The van der Waals surface area contributed by atoms with E-state index in [9.17, 15) is 14.4 Å². The zero-order valence-electron chi connectivity index (χ0n) is 16.6. The molecule has 0 saturated carbocycles. The summed E-state index contributed by atoms with van der Waals surface area (Å²) in [7, 11) is 0. The molecule has 2 rings (SSSR count). The van der Waals surface area contributed by atoms with Gasteiger partial charge in [0.1, 0.15) is 6.04 Å².